The number of ether oxygens (including phenoxy) is 2. The fraction of sp³-hybridized carbons (Fsp3) is 0.375. The second kappa shape index (κ2) is 10.4. The molecule has 11 heteroatoms. The Bertz CT molecular complexity index is 1150. The molecule has 190 valence electrons. The summed E-state index contributed by atoms with van der Waals surface area (Å²) in [4.78, 5) is 38.6. The lowest BCUT2D eigenvalue weighted by Gasteiger charge is -2.27. The second-order valence-electron chi connectivity index (χ2n) is 9.60. The van der Waals surface area contributed by atoms with Gasteiger partial charge in [-0.2, -0.15) is 0 Å². The Labute approximate surface area is 211 Å². The van der Waals surface area contributed by atoms with Crippen LogP contribution in [0.4, 0.5) is 20.2 Å². The van der Waals surface area contributed by atoms with Gasteiger partial charge >= 0.3 is 11.9 Å². The van der Waals surface area contributed by atoms with Gasteiger partial charge in [-0.15, -0.1) is 0 Å². The van der Waals surface area contributed by atoms with Crippen LogP contribution in [0.2, 0.25) is 10.0 Å². The van der Waals surface area contributed by atoms with Crippen LogP contribution < -0.4 is 11.1 Å². The van der Waals surface area contributed by atoms with Crippen LogP contribution in [0.25, 0.3) is 0 Å². The van der Waals surface area contributed by atoms with Crippen molar-refractivity contribution in [2.75, 3.05) is 11.1 Å². The highest BCUT2D eigenvalue weighted by atomic mass is 35.5. The summed E-state index contributed by atoms with van der Waals surface area (Å²) in [7, 11) is 0. The number of amides is 1. The first-order valence-electron chi connectivity index (χ1n) is 10.4. The Kier molecular flexibility index (Phi) is 8.40. The summed E-state index contributed by atoms with van der Waals surface area (Å²) in [5, 5.41) is 1.99. The number of hydrogen-bond donors (Lipinski definition) is 2. The van der Waals surface area contributed by atoms with Crippen molar-refractivity contribution in [3.63, 3.8) is 0 Å². The van der Waals surface area contributed by atoms with Gasteiger partial charge in [0.05, 0.1) is 32.5 Å². The van der Waals surface area contributed by atoms with E-state index in [1.165, 1.54) is 53.7 Å². The van der Waals surface area contributed by atoms with Crippen LogP contribution in [-0.2, 0) is 19.1 Å². The Morgan fingerprint density at radius 1 is 0.914 bits per heavy atom. The summed E-state index contributed by atoms with van der Waals surface area (Å²) in [6.07, 6.45) is 0. The quantitative estimate of drug-likeness (QED) is 0.284. The topological polar surface area (TPSA) is 108 Å². The minimum absolute atomic E-state index is 0.0522. The number of nitrogens with two attached hydrogens (primary N) is 1. The lowest BCUT2D eigenvalue weighted by atomic mass is 9.96. The number of benzene rings is 2. The maximum absolute atomic E-state index is 15.6. The number of carbonyl (C=O) groups is 3. The van der Waals surface area contributed by atoms with E-state index in [9.17, 15) is 18.8 Å². The van der Waals surface area contributed by atoms with E-state index in [0.29, 0.717) is 0 Å². The number of nitrogens with one attached hydrogen (secondary N) is 1. The van der Waals surface area contributed by atoms with E-state index in [0.717, 1.165) is 12.1 Å². The minimum atomic E-state index is -2.11. The van der Waals surface area contributed by atoms with Gasteiger partial charge in [-0.25, -0.2) is 8.78 Å². The van der Waals surface area contributed by atoms with Crippen LogP contribution in [0, 0.1) is 11.6 Å². The predicted molar refractivity (Wildman–Crippen MR) is 130 cm³/mol. The molecule has 0 radical (unpaired) electrons. The Balaban J connectivity index is 2.59. The molecule has 3 N–H and O–H groups in total. The summed E-state index contributed by atoms with van der Waals surface area (Å²) >= 11 is 12.1. The first-order chi connectivity index (χ1) is 15.9. The molecule has 1 amide bonds. The zero-order chi connectivity index (χ0) is 26.9. The third kappa shape index (κ3) is 7.05. The molecule has 0 aromatic heterocycles. The molecule has 0 fully saturated rings. The van der Waals surface area contributed by atoms with E-state index in [-0.39, 0.29) is 21.3 Å². The number of nitrogen functional groups attached to an aromatic ring is 1. The van der Waals surface area contributed by atoms with E-state index in [2.05, 4.69) is 5.32 Å². The minimum Gasteiger partial charge on any atom is -0.459 e. The standard InChI is InChI=1S/C24H26Cl2F2N2O5/c1-23(2,3)34-21(32)17(22(33)35-24(4,5)6)16-12(27)8-10-14(19(16)28)30-20(31)15-11(25)7-9-13(29)18(15)26/h7-10,17H,29H2,1-6H3,(H,30,31). The van der Waals surface area contributed by atoms with Crippen molar-refractivity contribution in [1.29, 1.82) is 0 Å². The van der Waals surface area contributed by atoms with Crippen molar-refractivity contribution in [3.8, 4) is 0 Å². The van der Waals surface area contributed by atoms with Gasteiger partial charge in [-0.3, -0.25) is 14.4 Å². The molecule has 0 atom stereocenters. The zero-order valence-corrected chi connectivity index (χ0v) is 21.5. The summed E-state index contributed by atoms with van der Waals surface area (Å²) < 4.78 is 40.9. The Morgan fingerprint density at radius 2 is 1.43 bits per heavy atom. The smallest absolute Gasteiger partial charge is 0.325 e. The third-order valence-corrected chi connectivity index (χ3v) is 5.02. The molecule has 0 saturated heterocycles. The molecule has 7 nitrogen and oxygen atoms in total. The van der Waals surface area contributed by atoms with Gasteiger partial charge in [-0.1, -0.05) is 23.2 Å². The summed E-state index contributed by atoms with van der Waals surface area (Å²) in [5.74, 6) is -8.11. The van der Waals surface area contributed by atoms with Crippen molar-refractivity contribution in [2.24, 2.45) is 0 Å². The lowest BCUT2D eigenvalue weighted by Crippen LogP contribution is -2.36. The molecule has 2 aromatic carbocycles. The predicted octanol–water partition coefficient (Wildman–Crippen LogP) is 5.87. The average molecular weight is 531 g/mol. The third-order valence-electron chi connectivity index (χ3n) is 4.30. The Morgan fingerprint density at radius 3 is 1.91 bits per heavy atom. The molecular formula is C24H26Cl2F2N2O5. The zero-order valence-electron chi connectivity index (χ0n) is 20.0. The number of rotatable bonds is 5. The lowest BCUT2D eigenvalue weighted by molar-refractivity contribution is -0.169. The molecule has 0 heterocycles. The van der Waals surface area contributed by atoms with E-state index in [4.69, 9.17) is 38.4 Å². The van der Waals surface area contributed by atoms with Crippen molar-refractivity contribution >= 4 is 52.4 Å². The molecule has 2 aromatic rings. The number of carbonyl (C=O) groups excluding carboxylic acids is 3. The van der Waals surface area contributed by atoms with Crippen LogP contribution in [0.3, 0.4) is 0 Å². The van der Waals surface area contributed by atoms with E-state index >= 15 is 4.39 Å². The molecule has 0 spiro atoms. The fourth-order valence-corrected chi connectivity index (χ4v) is 3.49. The number of hydrogen-bond acceptors (Lipinski definition) is 6. The first kappa shape index (κ1) is 28.3. The molecule has 0 unspecified atom stereocenters. The number of esters is 2. The molecule has 0 bridgehead atoms. The van der Waals surface area contributed by atoms with Crippen LogP contribution in [0.1, 0.15) is 63.4 Å². The van der Waals surface area contributed by atoms with Crippen LogP contribution >= 0.6 is 23.2 Å². The highest BCUT2D eigenvalue weighted by Gasteiger charge is 2.40. The van der Waals surface area contributed by atoms with Crippen molar-refractivity contribution < 1.29 is 32.6 Å². The van der Waals surface area contributed by atoms with Gasteiger partial charge in [0.25, 0.3) is 5.91 Å². The second-order valence-corrected chi connectivity index (χ2v) is 10.4. The largest absolute Gasteiger partial charge is 0.459 e. The fourth-order valence-electron chi connectivity index (χ4n) is 2.95. The van der Waals surface area contributed by atoms with Crippen molar-refractivity contribution in [2.45, 2.75) is 58.7 Å². The van der Waals surface area contributed by atoms with E-state index in [1.54, 1.807) is 0 Å². The number of halogens is 4. The Hall–Kier alpha value is -2.91. The number of anilines is 2. The van der Waals surface area contributed by atoms with Crippen molar-refractivity contribution in [1.82, 2.24) is 0 Å². The molecule has 0 saturated carbocycles. The van der Waals surface area contributed by atoms with Gasteiger partial charge < -0.3 is 20.5 Å². The van der Waals surface area contributed by atoms with Crippen LogP contribution in [0.5, 0.6) is 0 Å². The molecule has 2 rings (SSSR count). The molecule has 35 heavy (non-hydrogen) atoms. The van der Waals surface area contributed by atoms with Gasteiger partial charge in [0.15, 0.2) is 11.7 Å². The normalized spacial score (nSPS) is 11.9. The van der Waals surface area contributed by atoms with Crippen molar-refractivity contribution in [3.05, 3.63) is 57.1 Å². The monoisotopic (exact) mass is 530 g/mol. The summed E-state index contributed by atoms with van der Waals surface area (Å²) in [6, 6.07) is 4.41. The first-order valence-corrected chi connectivity index (χ1v) is 11.2. The van der Waals surface area contributed by atoms with E-state index < -0.39 is 57.9 Å². The SMILES string of the molecule is CC(C)(C)OC(=O)C(C(=O)OC(C)(C)C)c1c(F)ccc(NC(=O)c2c(Cl)ccc(N)c2Cl)c1F. The van der Waals surface area contributed by atoms with Crippen LogP contribution in [-0.4, -0.2) is 29.0 Å². The highest BCUT2D eigenvalue weighted by molar-refractivity contribution is 6.41. The van der Waals surface area contributed by atoms with Gasteiger partial charge in [0.2, 0.25) is 0 Å². The summed E-state index contributed by atoms with van der Waals surface area (Å²) in [6.45, 7) is 9.16. The van der Waals surface area contributed by atoms with Gasteiger partial charge in [0.1, 0.15) is 17.0 Å². The maximum Gasteiger partial charge on any atom is 0.325 e. The van der Waals surface area contributed by atoms with Gasteiger partial charge in [-0.05, 0) is 65.8 Å². The van der Waals surface area contributed by atoms with E-state index in [1.807, 2.05) is 0 Å². The molecule has 0 aliphatic rings. The highest BCUT2D eigenvalue weighted by Crippen LogP contribution is 2.34. The molecular weight excluding hydrogens is 505 g/mol. The summed E-state index contributed by atoms with van der Waals surface area (Å²) in [5.41, 5.74) is 1.88. The maximum atomic E-state index is 15.6. The molecule has 0 aliphatic carbocycles. The molecule has 0 aliphatic heterocycles. The van der Waals surface area contributed by atoms with Crippen LogP contribution in [0.15, 0.2) is 24.3 Å². The average Bonchev–Trinajstić information content (AvgIpc) is 2.67. The van der Waals surface area contributed by atoms with Gasteiger partial charge in [0, 0.05) is 0 Å².